The zero-order valence-corrected chi connectivity index (χ0v) is 18.6. The molecular formula is C23H28F3N5O2. The van der Waals surface area contributed by atoms with E-state index in [0.717, 1.165) is 30.5 Å². The highest BCUT2D eigenvalue weighted by Crippen LogP contribution is 2.29. The monoisotopic (exact) mass is 463 g/mol. The largest absolute Gasteiger partial charge is 0.416 e. The number of carbonyl (C=O) groups excluding carboxylic acids is 1. The van der Waals surface area contributed by atoms with E-state index in [1.54, 1.807) is 6.07 Å². The number of benzene rings is 1. The maximum atomic E-state index is 12.8. The fraction of sp³-hybridized carbons (Fsp3) is 0.522. The maximum absolute atomic E-state index is 12.8. The lowest BCUT2D eigenvalue weighted by Gasteiger charge is -2.29. The van der Waals surface area contributed by atoms with Crippen molar-refractivity contribution in [2.45, 2.75) is 25.4 Å². The summed E-state index contributed by atoms with van der Waals surface area (Å²) in [4.78, 5) is 25.8. The second kappa shape index (κ2) is 9.94. The predicted octanol–water partition coefficient (Wildman–Crippen LogP) is 3.15. The summed E-state index contributed by atoms with van der Waals surface area (Å²) in [6.45, 7) is 3.66. The molecule has 1 saturated heterocycles. The number of carbonyl (C=O) groups is 1. The highest BCUT2D eigenvalue weighted by Gasteiger charge is 2.30. The van der Waals surface area contributed by atoms with Crippen molar-refractivity contribution in [1.29, 1.82) is 0 Å². The number of anilines is 2. The van der Waals surface area contributed by atoms with Crippen LogP contribution in [0.25, 0.3) is 0 Å². The van der Waals surface area contributed by atoms with Gasteiger partial charge < -0.3 is 19.9 Å². The molecule has 1 N–H and O–H groups in total. The normalized spacial score (nSPS) is 16.5. The Labute approximate surface area is 191 Å². The molecule has 1 amide bonds. The molecule has 4 rings (SSSR count). The molecule has 1 aromatic carbocycles. The van der Waals surface area contributed by atoms with Crippen molar-refractivity contribution in [2.24, 2.45) is 5.92 Å². The van der Waals surface area contributed by atoms with E-state index in [1.165, 1.54) is 12.1 Å². The number of halogens is 3. The summed E-state index contributed by atoms with van der Waals surface area (Å²) in [5, 5.41) is 2.95. The average Bonchev–Trinajstić information content (AvgIpc) is 3.65. The van der Waals surface area contributed by atoms with Gasteiger partial charge in [0.25, 0.3) is 5.91 Å². The molecule has 2 aromatic rings. The summed E-state index contributed by atoms with van der Waals surface area (Å²) in [5.41, 5.74) is 0.424. The van der Waals surface area contributed by atoms with Crippen LogP contribution in [0.1, 0.15) is 34.5 Å². The van der Waals surface area contributed by atoms with Crippen LogP contribution in [0.15, 0.2) is 30.3 Å². The number of likely N-dealkylation sites (N-methyl/N-ethyl adjacent to an activating group) is 1. The van der Waals surface area contributed by atoms with Crippen molar-refractivity contribution in [3.63, 3.8) is 0 Å². The molecule has 33 heavy (non-hydrogen) atoms. The molecule has 2 aliphatic rings. The SMILES string of the molecule is CN(CCc1ccc(C(F)(F)F)cc1)c1nc(C(=O)NCC2CC2)cc(N2CCOCC2)n1. The van der Waals surface area contributed by atoms with Crippen LogP contribution in [-0.2, 0) is 17.3 Å². The number of aromatic nitrogens is 2. The number of nitrogens with zero attached hydrogens (tertiary/aromatic N) is 4. The van der Waals surface area contributed by atoms with Gasteiger partial charge in [0.15, 0.2) is 0 Å². The molecule has 0 unspecified atom stereocenters. The standard InChI is InChI=1S/C23H28F3N5O2/c1-30(9-8-16-4-6-18(7-5-16)23(24,25)26)22-28-19(21(32)27-15-17-2-3-17)14-20(29-22)31-10-12-33-13-11-31/h4-7,14,17H,2-3,8-13,15H2,1H3,(H,27,32). The maximum Gasteiger partial charge on any atom is 0.416 e. The lowest BCUT2D eigenvalue weighted by molar-refractivity contribution is -0.137. The van der Waals surface area contributed by atoms with Gasteiger partial charge in [-0.2, -0.15) is 18.2 Å². The van der Waals surface area contributed by atoms with E-state index >= 15 is 0 Å². The molecule has 1 aromatic heterocycles. The van der Waals surface area contributed by atoms with E-state index in [1.807, 2.05) is 11.9 Å². The van der Waals surface area contributed by atoms with E-state index in [2.05, 4.69) is 20.2 Å². The summed E-state index contributed by atoms with van der Waals surface area (Å²) in [7, 11) is 1.81. The smallest absolute Gasteiger partial charge is 0.378 e. The topological polar surface area (TPSA) is 70.6 Å². The van der Waals surface area contributed by atoms with E-state index in [4.69, 9.17) is 4.74 Å². The fourth-order valence-electron chi connectivity index (χ4n) is 3.57. The van der Waals surface area contributed by atoms with Gasteiger partial charge in [-0.05, 0) is 42.9 Å². The first-order valence-corrected chi connectivity index (χ1v) is 11.2. The van der Waals surface area contributed by atoms with Crippen LogP contribution < -0.4 is 15.1 Å². The zero-order valence-electron chi connectivity index (χ0n) is 18.6. The number of hydrogen-bond donors (Lipinski definition) is 1. The van der Waals surface area contributed by atoms with Crippen LogP contribution in [0.2, 0.25) is 0 Å². The van der Waals surface area contributed by atoms with Crippen LogP contribution in [0.5, 0.6) is 0 Å². The van der Waals surface area contributed by atoms with Crippen molar-refractivity contribution < 1.29 is 22.7 Å². The van der Waals surface area contributed by atoms with Crippen molar-refractivity contribution in [1.82, 2.24) is 15.3 Å². The fourth-order valence-corrected chi connectivity index (χ4v) is 3.57. The minimum absolute atomic E-state index is 0.226. The number of hydrogen-bond acceptors (Lipinski definition) is 6. The van der Waals surface area contributed by atoms with Crippen molar-refractivity contribution in [3.05, 3.63) is 47.2 Å². The van der Waals surface area contributed by atoms with Gasteiger partial charge in [-0.25, -0.2) is 4.98 Å². The van der Waals surface area contributed by atoms with Gasteiger partial charge in [-0.3, -0.25) is 4.79 Å². The van der Waals surface area contributed by atoms with E-state index in [0.29, 0.717) is 69.2 Å². The molecule has 0 bridgehead atoms. The second-order valence-electron chi connectivity index (χ2n) is 8.53. The average molecular weight is 464 g/mol. The molecule has 1 saturated carbocycles. The number of morpholine rings is 1. The number of amides is 1. The second-order valence-corrected chi connectivity index (χ2v) is 8.53. The summed E-state index contributed by atoms with van der Waals surface area (Å²) in [6.07, 6.45) is -1.55. The quantitative estimate of drug-likeness (QED) is 0.649. The van der Waals surface area contributed by atoms with E-state index in [-0.39, 0.29) is 5.91 Å². The first-order chi connectivity index (χ1) is 15.8. The minimum atomic E-state index is -4.35. The number of ether oxygens (including phenoxy) is 1. The van der Waals surface area contributed by atoms with Crippen LogP contribution in [0.4, 0.5) is 24.9 Å². The summed E-state index contributed by atoms with van der Waals surface area (Å²) >= 11 is 0. The Bertz CT molecular complexity index is 958. The lowest BCUT2D eigenvalue weighted by atomic mass is 10.1. The van der Waals surface area contributed by atoms with Crippen molar-refractivity contribution in [3.8, 4) is 0 Å². The van der Waals surface area contributed by atoms with Gasteiger partial charge in [0.05, 0.1) is 18.8 Å². The van der Waals surface area contributed by atoms with Crippen LogP contribution >= 0.6 is 0 Å². The highest BCUT2D eigenvalue weighted by atomic mass is 19.4. The molecule has 10 heteroatoms. The molecule has 1 aliphatic carbocycles. The van der Waals surface area contributed by atoms with Crippen LogP contribution in [0.3, 0.4) is 0 Å². The summed E-state index contributed by atoms with van der Waals surface area (Å²) < 4.78 is 43.8. The molecule has 0 radical (unpaired) electrons. The number of alkyl halides is 3. The first kappa shape index (κ1) is 23.3. The zero-order chi connectivity index (χ0) is 23.4. The third-order valence-electron chi connectivity index (χ3n) is 5.88. The Morgan fingerprint density at radius 2 is 1.88 bits per heavy atom. The predicted molar refractivity (Wildman–Crippen MR) is 119 cm³/mol. The molecule has 0 atom stereocenters. The van der Waals surface area contributed by atoms with Gasteiger partial charge in [0.2, 0.25) is 5.95 Å². The molecule has 7 nitrogen and oxygen atoms in total. The third kappa shape index (κ3) is 6.34. The van der Waals surface area contributed by atoms with Crippen LogP contribution in [0, 0.1) is 5.92 Å². The first-order valence-electron chi connectivity index (χ1n) is 11.2. The lowest BCUT2D eigenvalue weighted by Crippen LogP contribution is -2.37. The Morgan fingerprint density at radius 3 is 2.52 bits per heavy atom. The Morgan fingerprint density at radius 1 is 1.18 bits per heavy atom. The van der Waals surface area contributed by atoms with E-state index < -0.39 is 11.7 Å². The molecule has 2 fully saturated rings. The van der Waals surface area contributed by atoms with Gasteiger partial charge in [0.1, 0.15) is 11.5 Å². The number of nitrogens with one attached hydrogen (secondary N) is 1. The van der Waals surface area contributed by atoms with Gasteiger partial charge >= 0.3 is 6.18 Å². The summed E-state index contributed by atoms with van der Waals surface area (Å²) in [6, 6.07) is 6.86. The third-order valence-corrected chi connectivity index (χ3v) is 5.88. The van der Waals surface area contributed by atoms with Gasteiger partial charge in [-0.15, -0.1) is 0 Å². The molecule has 1 aliphatic heterocycles. The Balaban J connectivity index is 1.47. The summed E-state index contributed by atoms with van der Waals surface area (Å²) in [5.74, 6) is 1.40. The van der Waals surface area contributed by atoms with Crippen molar-refractivity contribution in [2.75, 3.05) is 56.2 Å². The van der Waals surface area contributed by atoms with Gasteiger partial charge in [-0.1, -0.05) is 12.1 Å². The Hall–Kier alpha value is -2.88. The van der Waals surface area contributed by atoms with Gasteiger partial charge in [0, 0.05) is 39.3 Å². The minimum Gasteiger partial charge on any atom is -0.378 e. The molecule has 0 spiro atoms. The molecular weight excluding hydrogens is 435 g/mol. The number of rotatable bonds is 8. The highest BCUT2D eigenvalue weighted by molar-refractivity contribution is 5.93. The van der Waals surface area contributed by atoms with Crippen LogP contribution in [-0.4, -0.2) is 62.3 Å². The van der Waals surface area contributed by atoms with E-state index in [9.17, 15) is 18.0 Å². The molecule has 178 valence electrons. The molecule has 2 heterocycles. The van der Waals surface area contributed by atoms with Crippen molar-refractivity contribution >= 4 is 17.7 Å². The Kier molecular flexibility index (Phi) is 7.02.